The van der Waals surface area contributed by atoms with Gasteiger partial charge < -0.3 is 10.1 Å². The fourth-order valence-electron chi connectivity index (χ4n) is 3.28. The van der Waals surface area contributed by atoms with Crippen molar-refractivity contribution in [1.29, 1.82) is 0 Å². The van der Waals surface area contributed by atoms with Crippen LogP contribution in [0.2, 0.25) is 0 Å². The highest BCUT2D eigenvalue weighted by Gasteiger charge is 2.39. The number of fused-ring (bicyclic) bond motifs is 2. The van der Waals surface area contributed by atoms with Gasteiger partial charge in [-0.2, -0.15) is 4.31 Å². The first-order valence-corrected chi connectivity index (χ1v) is 9.73. The number of rotatable bonds is 5. The van der Waals surface area contributed by atoms with Crippen molar-refractivity contribution in [3.05, 3.63) is 28.8 Å². The topological polar surface area (TPSA) is 58.6 Å². The number of aryl methyl sites for hydroxylation is 1. The molecule has 0 bridgehead atoms. The molecule has 1 N–H and O–H groups in total. The van der Waals surface area contributed by atoms with E-state index in [4.69, 9.17) is 4.74 Å². The zero-order chi connectivity index (χ0) is 16.6. The zero-order valence-electron chi connectivity index (χ0n) is 13.9. The molecule has 1 unspecified atom stereocenters. The van der Waals surface area contributed by atoms with Gasteiger partial charge in [-0.3, -0.25) is 0 Å². The molecule has 1 fully saturated rings. The van der Waals surface area contributed by atoms with Gasteiger partial charge in [0.15, 0.2) is 0 Å². The summed E-state index contributed by atoms with van der Waals surface area (Å²) in [5.41, 5.74) is 4.28. The Morgan fingerprint density at radius 1 is 1.39 bits per heavy atom. The Morgan fingerprint density at radius 3 is 2.87 bits per heavy atom. The van der Waals surface area contributed by atoms with Crippen LogP contribution in [0.5, 0.6) is 5.75 Å². The molecule has 2 aliphatic heterocycles. The van der Waals surface area contributed by atoms with Crippen molar-refractivity contribution in [2.75, 3.05) is 24.7 Å². The maximum atomic E-state index is 12.6. The lowest BCUT2D eigenvalue weighted by Gasteiger charge is -2.31. The van der Waals surface area contributed by atoms with E-state index >= 15 is 0 Å². The molecule has 0 saturated carbocycles. The van der Waals surface area contributed by atoms with Crippen LogP contribution in [0.25, 0.3) is 6.08 Å². The van der Waals surface area contributed by atoms with E-state index in [-0.39, 0.29) is 11.9 Å². The summed E-state index contributed by atoms with van der Waals surface area (Å²) in [6.07, 6.45) is 4.20. The number of sulfonamides is 1. The largest absolute Gasteiger partial charge is 0.495 e. The summed E-state index contributed by atoms with van der Waals surface area (Å²) in [7, 11) is -1.60. The summed E-state index contributed by atoms with van der Waals surface area (Å²) < 4.78 is 32.3. The predicted octanol–water partition coefficient (Wildman–Crippen LogP) is 2.97. The van der Waals surface area contributed by atoms with Crippen molar-refractivity contribution >= 4 is 21.8 Å². The molecule has 3 rings (SSSR count). The first-order valence-electron chi connectivity index (χ1n) is 8.12. The summed E-state index contributed by atoms with van der Waals surface area (Å²) in [6, 6.07) is 3.95. The van der Waals surface area contributed by atoms with Crippen LogP contribution in [-0.2, 0) is 10.0 Å². The molecule has 126 valence electrons. The lowest BCUT2D eigenvalue weighted by Crippen LogP contribution is -2.43. The molecule has 0 amide bonds. The molecule has 1 aromatic rings. The van der Waals surface area contributed by atoms with Crippen LogP contribution in [0, 0.1) is 6.92 Å². The van der Waals surface area contributed by atoms with Crippen LogP contribution in [0.15, 0.2) is 17.7 Å². The van der Waals surface area contributed by atoms with Crippen molar-refractivity contribution in [2.24, 2.45) is 0 Å². The van der Waals surface area contributed by atoms with Crippen LogP contribution in [0.1, 0.15) is 37.3 Å². The molecule has 1 atom stereocenters. The molecule has 6 heteroatoms. The minimum absolute atomic E-state index is 0.215. The third-order valence-corrected chi connectivity index (χ3v) is 6.54. The monoisotopic (exact) mass is 336 g/mol. The van der Waals surface area contributed by atoms with Gasteiger partial charge in [0.1, 0.15) is 11.9 Å². The number of nitrogens with one attached hydrogen (secondary N) is 1. The fourth-order valence-corrected chi connectivity index (χ4v) is 5.05. The second-order valence-electron chi connectivity index (χ2n) is 6.17. The van der Waals surface area contributed by atoms with Gasteiger partial charge in [-0.05, 0) is 43.0 Å². The molecular weight excluding hydrogens is 312 g/mol. The smallest absolute Gasteiger partial charge is 0.216 e. The Morgan fingerprint density at radius 2 is 2.17 bits per heavy atom. The van der Waals surface area contributed by atoms with Gasteiger partial charge in [0, 0.05) is 12.1 Å². The second kappa shape index (κ2) is 6.17. The molecule has 0 radical (unpaired) electrons. The van der Waals surface area contributed by atoms with Crippen molar-refractivity contribution in [2.45, 2.75) is 39.3 Å². The third-order valence-electron chi connectivity index (χ3n) is 4.63. The summed E-state index contributed by atoms with van der Waals surface area (Å²) in [6.45, 7) is 4.61. The molecule has 0 aromatic heterocycles. The van der Waals surface area contributed by atoms with E-state index < -0.39 is 10.0 Å². The number of methoxy groups -OCH3 is 1. The van der Waals surface area contributed by atoms with E-state index in [0.717, 1.165) is 41.0 Å². The van der Waals surface area contributed by atoms with Crippen molar-refractivity contribution < 1.29 is 13.2 Å². The minimum atomic E-state index is -3.24. The van der Waals surface area contributed by atoms with Gasteiger partial charge in [-0.1, -0.05) is 19.4 Å². The number of ether oxygens (including phenoxy) is 1. The van der Waals surface area contributed by atoms with Crippen molar-refractivity contribution in [1.82, 2.24) is 4.31 Å². The van der Waals surface area contributed by atoms with E-state index in [0.29, 0.717) is 13.0 Å². The highest BCUT2D eigenvalue weighted by Crippen LogP contribution is 2.41. The molecule has 0 aliphatic carbocycles. The third kappa shape index (κ3) is 2.85. The van der Waals surface area contributed by atoms with E-state index in [1.54, 1.807) is 11.4 Å². The lowest BCUT2D eigenvalue weighted by atomic mass is 9.97. The highest BCUT2D eigenvalue weighted by atomic mass is 32.2. The lowest BCUT2D eigenvalue weighted by molar-refractivity contribution is 0.408. The Balaban J connectivity index is 1.96. The zero-order valence-corrected chi connectivity index (χ0v) is 14.7. The SMILES string of the molecule is CCCCS(=O)(=O)N1CCC2=Cc3c(C)ccc(OC)c3NC21. The van der Waals surface area contributed by atoms with Crippen LogP contribution >= 0.6 is 0 Å². The predicted molar refractivity (Wildman–Crippen MR) is 93.1 cm³/mol. The average molecular weight is 336 g/mol. The molecule has 0 spiro atoms. The van der Waals surface area contributed by atoms with Crippen molar-refractivity contribution in [3.63, 3.8) is 0 Å². The van der Waals surface area contributed by atoms with Gasteiger partial charge >= 0.3 is 0 Å². The van der Waals surface area contributed by atoms with Gasteiger partial charge in [0.2, 0.25) is 10.0 Å². The van der Waals surface area contributed by atoms with E-state index in [1.807, 2.05) is 19.1 Å². The Kier molecular flexibility index (Phi) is 4.38. The molecule has 5 nitrogen and oxygen atoms in total. The maximum Gasteiger partial charge on any atom is 0.216 e. The van der Waals surface area contributed by atoms with Gasteiger partial charge in [-0.25, -0.2) is 8.42 Å². The van der Waals surface area contributed by atoms with Crippen LogP contribution in [-0.4, -0.2) is 38.3 Å². The minimum Gasteiger partial charge on any atom is -0.495 e. The molecule has 23 heavy (non-hydrogen) atoms. The number of unbranched alkanes of at least 4 members (excludes halogenated alkanes) is 1. The van der Waals surface area contributed by atoms with E-state index in [1.165, 1.54) is 0 Å². The molecule has 1 aromatic carbocycles. The van der Waals surface area contributed by atoms with E-state index in [2.05, 4.69) is 18.3 Å². The van der Waals surface area contributed by atoms with Gasteiger partial charge in [0.05, 0.1) is 18.6 Å². The Hall–Kier alpha value is -1.53. The highest BCUT2D eigenvalue weighted by molar-refractivity contribution is 7.89. The van der Waals surface area contributed by atoms with E-state index in [9.17, 15) is 8.42 Å². The van der Waals surface area contributed by atoms with Crippen molar-refractivity contribution in [3.8, 4) is 5.75 Å². The number of anilines is 1. The number of hydrogen-bond acceptors (Lipinski definition) is 4. The standard InChI is InChI=1S/C17H24N2O3S/c1-4-5-10-23(20,21)19-9-8-13-11-14-12(2)6-7-15(22-3)16(14)18-17(13)19/h6-7,11,17-18H,4-5,8-10H2,1-3H3. The van der Waals surface area contributed by atoms with Crippen LogP contribution in [0.3, 0.4) is 0 Å². The Labute approximate surface area is 138 Å². The summed E-state index contributed by atoms with van der Waals surface area (Å²) in [4.78, 5) is 0. The number of hydrogen-bond donors (Lipinski definition) is 1. The Bertz CT molecular complexity index is 740. The molecule has 2 aliphatic rings. The first-order chi connectivity index (χ1) is 11.0. The first kappa shape index (κ1) is 16.3. The molecular formula is C17H24N2O3S. The van der Waals surface area contributed by atoms with Gasteiger partial charge in [0.25, 0.3) is 0 Å². The fraction of sp³-hybridized carbons (Fsp3) is 0.529. The normalized spacial score (nSPS) is 20.5. The summed E-state index contributed by atoms with van der Waals surface area (Å²) in [5, 5.41) is 3.41. The van der Waals surface area contributed by atoms with Gasteiger partial charge in [-0.15, -0.1) is 0 Å². The maximum absolute atomic E-state index is 12.6. The number of nitrogens with zero attached hydrogens (tertiary/aromatic N) is 1. The average Bonchev–Trinajstić information content (AvgIpc) is 2.96. The number of benzene rings is 1. The quantitative estimate of drug-likeness (QED) is 0.898. The summed E-state index contributed by atoms with van der Waals surface area (Å²) >= 11 is 0. The molecule has 1 saturated heterocycles. The summed E-state index contributed by atoms with van der Waals surface area (Å²) in [5.74, 6) is 0.964. The van der Waals surface area contributed by atoms with Crippen LogP contribution in [0.4, 0.5) is 5.69 Å². The molecule has 2 heterocycles. The van der Waals surface area contributed by atoms with Crippen LogP contribution < -0.4 is 10.1 Å². The second-order valence-corrected chi connectivity index (χ2v) is 8.21.